The second-order valence-corrected chi connectivity index (χ2v) is 6.43. The van der Waals surface area contributed by atoms with Crippen molar-refractivity contribution in [1.29, 1.82) is 0 Å². The van der Waals surface area contributed by atoms with Gasteiger partial charge in [0.2, 0.25) is 0 Å². The molecular weight excluding hydrogens is 306 g/mol. The van der Waals surface area contributed by atoms with Gasteiger partial charge >= 0.3 is 0 Å². The molecule has 2 N–H and O–H groups in total. The molecule has 1 aromatic carbocycles. The molecule has 0 amide bonds. The molecule has 0 aliphatic carbocycles. The lowest BCUT2D eigenvalue weighted by Crippen LogP contribution is -2.32. The van der Waals surface area contributed by atoms with Gasteiger partial charge in [-0.3, -0.25) is 0 Å². The first kappa shape index (κ1) is 16.3. The normalized spacial score (nSPS) is 13.9. The van der Waals surface area contributed by atoms with Crippen molar-refractivity contribution in [2.45, 2.75) is 26.0 Å². The maximum atomic E-state index is 9.98. The highest BCUT2D eigenvalue weighted by molar-refractivity contribution is 7.10. The van der Waals surface area contributed by atoms with Crippen LogP contribution in [0.25, 0.3) is 0 Å². The zero-order valence-corrected chi connectivity index (χ0v) is 13.7. The molecule has 3 nitrogen and oxygen atoms in total. The van der Waals surface area contributed by atoms with E-state index in [2.05, 4.69) is 18.3 Å². The van der Waals surface area contributed by atoms with Crippen LogP contribution >= 0.6 is 22.9 Å². The summed E-state index contributed by atoms with van der Waals surface area (Å²) in [4.78, 5) is 1.25. The molecule has 0 spiro atoms. The number of hydrogen-bond donors (Lipinski definition) is 2. The number of rotatable bonds is 7. The fourth-order valence-corrected chi connectivity index (χ4v) is 2.97. The third-order valence-electron chi connectivity index (χ3n) is 3.15. The standard InChI is InChI=1S/C16H20ClNO2S/c1-11-5-6-15(14(17)8-11)20-10-13(19)9-18-12(2)16-4-3-7-21-16/h3-8,12-13,18-19H,9-10H2,1-2H3. The summed E-state index contributed by atoms with van der Waals surface area (Å²) in [5, 5.41) is 15.9. The van der Waals surface area contributed by atoms with Gasteiger partial charge in [0.1, 0.15) is 18.5 Å². The van der Waals surface area contributed by atoms with E-state index in [0.717, 1.165) is 5.56 Å². The number of thiophene rings is 1. The number of halogens is 1. The Hall–Kier alpha value is -1.07. The van der Waals surface area contributed by atoms with Crippen molar-refractivity contribution < 1.29 is 9.84 Å². The molecule has 2 aromatic rings. The average molecular weight is 326 g/mol. The molecule has 0 aliphatic heterocycles. The molecule has 0 saturated carbocycles. The number of benzene rings is 1. The molecule has 1 heterocycles. The second kappa shape index (κ2) is 7.80. The van der Waals surface area contributed by atoms with Gasteiger partial charge in [0.25, 0.3) is 0 Å². The summed E-state index contributed by atoms with van der Waals surface area (Å²) in [5.41, 5.74) is 1.08. The maximum Gasteiger partial charge on any atom is 0.138 e. The summed E-state index contributed by atoms with van der Waals surface area (Å²) in [6.45, 7) is 4.74. The average Bonchev–Trinajstić information content (AvgIpc) is 2.98. The molecule has 2 atom stereocenters. The number of aryl methyl sites for hydroxylation is 1. The summed E-state index contributed by atoms with van der Waals surface area (Å²) in [5.74, 6) is 0.604. The van der Waals surface area contributed by atoms with Crippen LogP contribution in [0.4, 0.5) is 0 Å². The first-order chi connectivity index (χ1) is 10.1. The highest BCUT2D eigenvalue weighted by Gasteiger charge is 2.11. The first-order valence-electron chi connectivity index (χ1n) is 6.90. The minimum absolute atomic E-state index is 0.215. The van der Waals surface area contributed by atoms with Crippen LogP contribution in [0, 0.1) is 6.92 Å². The van der Waals surface area contributed by atoms with Crippen molar-refractivity contribution in [3.63, 3.8) is 0 Å². The van der Waals surface area contributed by atoms with E-state index in [9.17, 15) is 5.11 Å². The van der Waals surface area contributed by atoms with E-state index in [1.165, 1.54) is 4.88 Å². The van der Waals surface area contributed by atoms with Gasteiger partial charge in [0.05, 0.1) is 5.02 Å². The van der Waals surface area contributed by atoms with Crippen LogP contribution in [0.15, 0.2) is 35.7 Å². The number of aliphatic hydroxyl groups excluding tert-OH is 1. The summed E-state index contributed by atoms with van der Waals surface area (Å²) in [7, 11) is 0. The van der Waals surface area contributed by atoms with E-state index < -0.39 is 6.10 Å². The van der Waals surface area contributed by atoms with E-state index in [4.69, 9.17) is 16.3 Å². The number of nitrogens with one attached hydrogen (secondary N) is 1. The van der Waals surface area contributed by atoms with Crippen molar-refractivity contribution in [3.05, 3.63) is 51.2 Å². The molecule has 5 heteroatoms. The van der Waals surface area contributed by atoms with Gasteiger partial charge in [-0.1, -0.05) is 23.7 Å². The predicted molar refractivity (Wildman–Crippen MR) is 88.4 cm³/mol. The van der Waals surface area contributed by atoms with Gasteiger partial charge in [-0.2, -0.15) is 0 Å². The van der Waals surface area contributed by atoms with Gasteiger partial charge in [-0.25, -0.2) is 0 Å². The van der Waals surface area contributed by atoms with Crippen LogP contribution in [0.5, 0.6) is 5.75 Å². The molecule has 21 heavy (non-hydrogen) atoms. The summed E-state index contributed by atoms with van der Waals surface area (Å²) < 4.78 is 5.56. The summed E-state index contributed by atoms with van der Waals surface area (Å²) in [6.07, 6.45) is -0.579. The largest absolute Gasteiger partial charge is 0.489 e. The molecular formula is C16H20ClNO2S. The van der Waals surface area contributed by atoms with E-state index >= 15 is 0 Å². The molecule has 0 radical (unpaired) electrons. The number of hydrogen-bond acceptors (Lipinski definition) is 4. The quantitative estimate of drug-likeness (QED) is 0.813. The smallest absolute Gasteiger partial charge is 0.138 e. The van der Waals surface area contributed by atoms with Gasteiger partial charge < -0.3 is 15.2 Å². The van der Waals surface area contributed by atoms with Crippen LogP contribution in [0.2, 0.25) is 5.02 Å². The Balaban J connectivity index is 1.75. The van der Waals surface area contributed by atoms with Gasteiger partial charge in [0, 0.05) is 17.5 Å². The molecule has 2 rings (SSSR count). The molecule has 1 aromatic heterocycles. The summed E-state index contributed by atoms with van der Waals surface area (Å²) >= 11 is 7.79. The van der Waals surface area contributed by atoms with Crippen molar-refractivity contribution in [1.82, 2.24) is 5.32 Å². The topological polar surface area (TPSA) is 41.5 Å². The van der Waals surface area contributed by atoms with Crippen molar-refractivity contribution in [2.75, 3.05) is 13.2 Å². The Morgan fingerprint density at radius 3 is 2.86 bits per heavy atom. The van der Waals surface area contributed by atoms with E-state index in [1.54, 1.807) is 11.3 Å². The van der Waals surface area contributed by atoms with Crippen molar-refractivity contribution in [3.8, 4) is 5.75 Å². The molecule has 0 fully saturated rings. The van der Waals surface area contributed by atoms with Crippen molar-refractivity contribution in [2.24, 2.45) is 0 Å². The molecule has 2 unspecified atom stereocenters. The van der Waals surface area contributed by atoms with Crippen molar-refractivity contribution >= 4 is 22.9 Å². The van der Waals surface area contributed by atoms with E-state index in [0.29, 0.717) is 17.3 Å². The zero-order chi connectivity index (χ0) is 15.2. The van der Waals surface area contributed by atoms with Crippen LogP contribution in [-0.4, -0.2) is 24.4 Å². The van der Waals surface area contributed by atoms with Crippen LogP contribution < -0.4 is 10.1 Å². The first-order valence-corrected chi connectivity index (χ1v) is 8.16. The summed E-state index contributed by atoms with van der Waals surface area (Å²) in [6, 6.07) is 9.94. The lowest BCUT2D eigenvalue weighted by molar-refractivity contribution is 0.104. The predicted octanol–water partition coefficient (Wildman–Crippen LogP) is 3.80. The highest BCUT2D eigenvalue weighted by atomic mass is 35.5. The van der Waals surface area contributed by atoms with Gasteiger partial charge in [0.15, 0.2) is 0 Å². The maximum absolute atomic E-state index is 9.98. The Morgan fingerprint density at radius 1 is 1.38 bits per heavy atom. The third-order valence-corrected chi connectivity index (χ3v) is 4.50. The zero-order valence-electron chi connectivity index (χ0n) is 12.2. The Bertz CT molecular complexity index is 559. The fraction of sp³-hybridized carbons (Fsp3) is 0.375. The van der Waals surface area contributed by atoms with Gasteiger partial charge in [-0.05, 0) is 43.0 Å². The number of ether oxygens (including phenoxy) is 1. The lowest BCUT2D eigenvalue weighted by atomic mass is 10.2. The minimum Gasteiger partial charge on any atom is -0.489 e. The van der Waals surface area contributed by atoms with Crippen LogP contribution in [0.3, 0.4) is 0 Å². The Labute approximate surface area is 134 Å². The Morgan fingerprint density at radius 2 is 2.19 bits per heavy atom. The number of aliphatic hydroxyl groups is 1. The van der Waals surface area contributed by atoms with E-state index in [-0.39, 0.29) is 12.6 Å². The monoisotopic (exact) mass is 325 g/mol. The minimum atomic E-state index is -0.579. The van der Waals surface area contributed by atoms with Crippen LogP contribution in [0.1, 0.15) is 23.4 Å². The lowest BCUT2D eigenvalue weighted by Gasteiger charge is -2.17. The molecule has 0 saturated heterocycles. The molecule has 114 valence electrons. The van der Waals surface area contributed by atoms with Gasteiger partial charge in [-0.15, -0.1) is 11.3 Å². The second-order valence-electron chi connectivity index (χ2n) is 5.04. The highest BCUT2D eigenvalue weighted by Crippen LogP contribution is 2.25. The fourth-order valence-electron chi connectivity index (χ4n) is 1.92. The molecule has 0 bridgehead atoms. The SMILES string of the molecule is Cc1ccc(OCC(O)CNC(C)c2cccs2)c(Cl)c1. The third kappa shape index (κ3) is 5.00. The van der Waals surface area contributed by atoms with Crippen LogP contribution in [-0.2, 0) is 0 Å². The Kier molecular flexibility index (Phi) is 6.06. The molecule has 0 aliphatic rings. The van der Waals surface area contributed by atoms with E-state index in [1.807, 2.05) is 36.6 Å².